The smallest absolute Gasteiger partial charge is 0.336 e. The zero-order chi connectivity index (χ0) is 17.7. The van der Waals surface area contributed by atoms with Gasteiger partial charge in [-0.15, -0.1) is 0 Å². The molecule has 2 aromatic rings. The van der Waals surface area contributed by atoms with E-state index >= 15 is 0 Å². The van der Waals surface area contributed by atoms with E-state index in [2.05, 4.69) is 0 Å². The zero-order valence-electron chi connectivity index (χ0n) is 12.9. The molecule has 124 valence electrons. The first-order chi connectivity index (χ1) is 11.5. The number of benzene rings is 2. The van der Waals surface area contributed by atoms with Crippen LogP contribution in [0.5, 0.6) is 5.75 Å². The molecule has 0 amide bonds. The highest BCUT2D eigenvalue weighted by atomic mass is 16.6. The van der Waals surface area contributed by atoms with Crippen LogP contribution in [0, 0.1) is 10.1 Å². The number of nitrogens with zero attached hydrogens (tertiary/aromatic N) is 1. The van der Waals surface area contributed by atoms with E-state index < -0.39 is 27.9 Å². The molecule has 0 bridgehead atoms. The maximum Gasteiger partial charge on any atom is 0.336 e. The molecule has 0 aliphatic carbocycles. The van der Waals surface area contributed by atoms with Crippen molar-refractivity contribution in [3.63, 3.8) is 0 Å². The van der Waals surface area contributed by atoms with Gasteiger partial charge in [-0.25, -0.2) is 4.79 Å². The van der Waals surface area contributed by atoms with Gasteiger partial charge in [0.05, 0.1) is 28.7 Å². The third kappa shape index (κ3) is 3.57. The molecule has 7 heteroatoms. The second-order valence-corrected chi connectivity index (χ2v) is 4.97. The number of carboxylic acids is 1. The van der Waals surface area contributed by atoms with Crippen LogP contribution in [0.1, 0.15) is 39.6 Å². The minimum Gasteiger partial charge on any atom is -0.493 e. The molecule has 2 aromatic carbocycles. The number of rotatable bonds is 7. The van der Waals surface area contributed by atoms with Gasteiger partial charge in [-0.1, -0.05) is 37.3 Å². The van der Waals surface area contributed by atoms with Crippen molar-refractivity contribution in [1.82, 2.24) is 0 Å². The van der Waals surface area contributed by atoms with Crippen molar-refractivity contribution in [2.75, 3.05) is 6.61 Å². The molecule has 7 nitrogen and oxygen atoms in total. The molecule has 1 N–H and O–H groups in total. The molecule has 0 unspecified atom stereocenters. The number of nitro benzene ring substituents is 1. The fourth-order valence-electron chi connectivity index (χ4n) is 2.17. The van der Waals surface area contributed by atoms with Crippen LogP contribution in [0.3, 0.4) is 0 Å². The summed E-state index contributed by atoms with van der Waals surface area (Å²) in [5.41, 5.74) is -0.810. The lowest BCUT2D eigenvalue weighted by atomic mass is 9.96. The molecule has 0 aliphatic rings. The Morgan fingerprint density at radius 2 is 1.88 bits per heavy atom. The van der Waals surface area contributed by atoms with Crippen molar-refractivity contribution in [3.8, 4) is 5.75 Å². The molecule has 0 saturated carbocycles. The van der Waals surface area contributed by atoms with Gasteiger partial charge < -0.3 is 9.84 Å². The van der Waals surface area contributed by atoms with Crippen LogP contribution < -0.4 is 4.74 Å². The van der Waals surface area contributed by atoms with E-state index in [-0.39, 0.29) is 23.5 Å². The number of carboxylic acid groups (broad SMARTS) is 1. The van der Waals surface area contributed by atoms with Gasteiger partial charge in [-0.05, 0) is 6.42 Å². The number of non-ortho nitro benzene ring substituents is 1. The summed E-state index contributed by atoms with van der Waals surface area (Å²) in [6, 6.07) is 10.0. The molecule has 0 radical (unpaired) electrons. The van der Waals surface area contributed by atoms with Gasteiger partial charge >= 0.3 is 5.97 Å². The molecule has 0 aromatic heterocycles. The number of ketones is 1. The second kappa shape index (κ2) is 7.36. The third-order valence-corrected chi connectivity index (χ3v) is 3.25. The zero-order valence-corrected chi connectivity index (χ0v) is 12.9. The summed E-state index contributed by atoms with van der Waals surface area (Å²) in [6.45, 7) is 2.03. The Morgan fingerprint density at radius 3 is 2.42 bits per heavy atom. The monoisotopic (exact) mass is 329 g/mol. The van der Waals surface area contributed by atoms with E-state index in [1.807, 2.05) is 6.92 Å². The van der Waals surface area contributed by atoms with Crippen LogP contribution in [-0.2, 0) is 0 Å². The highest BCUT2D eigenvalue weighted by Crippen LogP contribution is 2.31. The molecule has 0 saturated heterocycles. The Bertz CT molecular complexity index is 785. The summed E-state index contributed by atoms with van der Waals surface area (Å²) in [5.74, 6) is -2.09. The predicted octanol–water partition coefficient (Wildman–Crippen LogP) is 3.31. The van der Waals surface area contributed by atoms with Crippen LogP contribution in [0.25, 0.3) is 0 Å². The fraction of sp³-hybridized carbons (Fsp3) is 0.176. The van der Waals surface area contributed by atoms with Crippen molar-refractivity contribution in [2.24, 2.45) is 0 Å². The number of ether oxygens (including phenoxy) is 1. The van der Waals surface area contributed by atoms with Crippen molar-refractivity contribution in [1.29, 1.82) is 0 Å². The van der Waals surface area contributed by atoms with Gasteiger partial charge in [-0.2, -0.15) is 0 Å². The summed E-state index contributed by atoms with van der Waals surface area (Å²) in [5, 5.41) is 20.4. The standard InChI is InChI=1S/C17H15NO6/c1-2-8-24-14-10-12(18(22)23)9-13(17(20)21)15(14)16(19)11-6-4-3-5-7-11/h3-7,9-10H,2,8H2,1H3,(H,20,21). The SMILES string of the molecule is CCCOc1cc([N+](=O)[O-])cc(C(=O)O)c1C(=O)c1ccccc1. The lowest BCUT2D eigenvalue weighted by Gasteiger charge is -2.13. The lowest BCUT2D eigenvalue weighted by molar-refractivity contribution is -0.385. The molecule has 0 heterocycles. The van der Waals surface area contributed by atoms with Crippen LogP contribution in [0.2, 0.25) is 0 Å². The van der Waals surface area contributed by atoms with Crippen molar-refractivity contribution >= 4 is 17.4 Å². The maximum absolute atomic E-state index is 12.7. The van der Waals surface area contributed by atoms with E-state index in [9.17, 15) is 24.8 Å². The van der Waals surface area contributed by atoms with Crippen LogP contribution in [0.15, 0.2) is 42.5 Å². The maximum atomic E-state index is 12.7. The lowest BCUT2D eigenvalue weighted by Crippen LogP contribution is -2.13. The Morgan fingerprint density at radius 1 is 1.21 bits per heavy atom. The quantitative estimate of drug-likeness (QED) is 0.474. The van der Waals surface area contributed by atoms with Crippen molar-refractivity contribution < 1.29 is 24.4 Å². The number of hydrogen-bond donors (Lipinski definition) is 1. The van der Waals surface area contributed by atoms with Gasteiger partial charge in [0.2, 0.25) is 0 Å². The summed E-state index contributed by atoms with van der Waals surface area (Å²) in [6.07, 6.45) is 0.601. The Kier molecular flexibility index (Phi) is 5.26. The fourth-order valence-corrected chi connectivity index (χ4v) is 2.17. The van der Waals surface area contributed by atoms with E-state index in [0.717, 1.165) is 12.1 Å². The summed E-state index contributed by atoms with van der Waals surface area (Å²) >= 11 is 0. The van der Waals surface area contributed by atoms with Crippen LogP contribution in [0.4, 0.5) is 5.69 Å². The van der Waals surface area contributed by atoms with Gasteiger partial charge in [0.1, 0.15) is 5.75 Å². The highest BCUT2D eigenvalue weighted by molar-refractivity contribution is 6.16. The number of aromatic carboxylic acids is 1. The first-order valence-electron chi connectivity index (χ1n) is 7.24. The first-order valence-corrected chi connectivity index (χ1v) is 7.24. The Labute approximate surface area is 137 Å². The normalized spacial score (nSPS) is 10.2. The largest absolute Gasteiger partial charge is 0.493 e. The van der Waals surface area contributed by atoms with E-state index in [0.29, 0.717) is 6.42 Å². The predicted molar refractivity (Wildman–Crippen MR) is 85.7 cm³/mol. The summed E-state index contributed by atoms with van der Waals surface area (Å²) in [7, 11) is 0. The summed E-state index contributed by atoms with van der Waals surface area (Å²) < 4.78 is 5.42. The molecule has 24 heavy (non-hydrogen) atoms. The molecular formula is C17H15NO6. The number of carbonyl (C=O) groups is 2. The van der Waals surface area contributed by atoms with E-state index in [1.165, 1.54) is 0 Å². The highest BCUT2D eigenvalue weighted by Gasteiger charge is 2.27. The minimum absolute atomic E-state index is 0.0997. The van der Waals surface area contributed by atoms with Crippen LogP contribution >= 0.6 is 0 Å². The van der Waals surface area contributed by atoms with Crippen LogP contribution in [-0.4, -0.2) is 28.4 Å². The molecule has 0 fully saturated rings. The number of nitro groups is 1. The molecular weight excluding hydrogens is 314 g/mol. The number of hydrogen-bond acceptors (Lipinski definition) is 5. The van der Waals surface area contributed by atoms with Crippen molar-refractivity contribution in [2.45, 2.75) is 13.3 Å². The van der Waals surface area contributed by atoms with Gasteiger partial charge in [0.15, 0.2) is 5.78 Å². The average molecular weight is 329 g/mol. The van der Waals surface area contributed by atoms with E-state index in [4.69, 9.17) is 4.74 Å². The molecule has 0 spiro atoms. The minimum atomic E-state index is -1.43. The number of carbonyl (C=O) groups excluding carboxylic acids is 1. The molecule has 0 aliphatic heterocycles. The molecule has 0 atom stereocenters. The Hall–Kier alpha value is -3.22. The van der Waals surface area contributed by atoms with Gasteiger partial charge in [-0.3, -0.25) is 14.9 Å². The summed E-state index contributed by atoms with van der Waals surface area (Å²) in [4.78, 5) is 34.6. The Balaban J connectivity index is 2.68. The topological polar surface area (TPSA) is 107 Å². The third-order valence-electron chi connectivity index (χ3n) is 3.25. The van der Waals surface area contributed by atoms with Gasteiger partial charge in [0.25, 0.3) is 5.69 Å². The second-order valence-electron chi connectivity index (χ2n) is 4.97. The van der Waals surface area contributed by atoms with E-state index in [1.54, 1.807) is 30.3 Å². The first kappa shape index (κ1) is 17.1. The van der Waals surface area contributed by atoms with Gasteiger partial charge in [0, 0.05) is 11.6 Å². The molecule has 2 rings (SSSR count). The van der Waals surface area contributed by atoms with Crippen molar-refractivity contribution in [3.05, 3.63) is 69.3 Å². The average Bonchev–Trinajstić information content (AvgIpc) is 2.59.